The van der Waals surface area contributed by atoms with Crippen molar-refractivity contribution in [2.75, 3.05) is 13.6 Å². The van der Waals surface area contributed by atoms with Crippen molar-refractivity contribution in [2.24, 2.45) is 5.92 Å². The number of rotatable bonds is 5. The summed E-state index contributed by atoms with van der Waals surface area (Å²) in [6.07, 6.45) is 2.44. The number of hydrogen-bond acceptors (Lipinski definition) is 2. The minimum Gasteiger partial charge on any atom is -0.356 e. The number of benzene rings is 2. The average Bonchev–Trinajstić information content (AvgIpc) is 3.18. The molecule has 0 aromatic heterocycles. The Morgan fingerprint density at radius 3 is 2.22 bits per heavy atom. The molecule has 5 heteroatoms. The van der Waals surface area contributed by atoms with Crippen molar-refractivity contribution in [3.8, 4) is 11.1 Å². The average molecular weight is 385 g/mol. The quantitative estimate of drug-likeness (QED) is 0.831. The van der Waals surface area contributed by atoms with E-state index in [9.17, 15) is 9.59 Å². The molecule has 1 fully saturated rings. The van der Waals surface area contributed by atoms with Crippen LogP contribution in [0.15, 0.2) is 48.5 Å². The Bertz CT molecular complexity index is 802. The lowest BCUT2D eigenvalue weighted by Crippen LogP contribution is -2.36. The lowest BCUT2D eigenvalue weighted by atomic mass is 10.0. The van der Waals surface area contributed by atoms with Gasteiger partial charge in [-0.25, -0.2) is 0 Å². The maximum Gasteiger partial charge on any atom is 0.253 e. The largest absolute Gasteiger partial charge is 0.356 e. The summed E-state index contributed by atoms with van der Waals surface area (Å²) in [6, 6.07) is 15.4. The summed E-state index contributed by atoms with van der Waals surface area (Å²) in [5.41, 5.74) is 2.77. The molecular weight excluding hydrogens is 360 g/mol. The van der Waals surface area contributed by atoms with Crippen LogP contribution in [-0.4, -0.2) is 36.3 Å². The Balaban J connectivity index is 1.65. The van der Waals surface area contributed by atoms with Crippen LogP contribution in [0.1, 0.15) is 36.5 Å². The first-order valence-electron chi connectivity index (χ1n) is 9.40. The van der Waals surface area contributed by atoms with E-state index in [0.717, 1.165) is 30.4 Å². The molecule has 0 unspecified atom stereocenters. The maximum absolute atomic E-state index is 12.8. The third kappa shape index (κ3) is 4.51. The first kappa shape index (κ1) is 19.4. The molecule has 2 aromatic rings. The molecule has 142 valence electrons. The highest BCUT2D eigenvalue weighted by Crippen LogP contribution is 2.30. The molecule has 2 aromatic carbocycles. The number of nitrogens with one attached hydrogen (secondary N) is 1. The summed E-state index contributed by atoms with van der Waals surface area (Å²) in [4.78, 5) is 26.6. The lowest BCUT2D eigenvalue weighted by molar-refractivity contribution is -0.124. The first-order valence-corrected chi connectivity index (χ1v) is 9.78. The van der Waals surface area contributed by atoms with Crippen molar-refractivity contribution in [1.29, 1.82) is 0 Å². The Morgan fingerprint density at radius 2 is 1.63 bits per heavy atom. The molecule has 1 N–H and O–H groups in total. The molecule has 0 bridgehead atoms. The normalized spacial score (nSPS) is 18.9. The number of nitrogens with zero attached hydrogens (tertiary/aromatic N) is 1. The second-order valence-corrected chi connectivity index (χ2v) is 7.50. The van der Waals surface area contributed by atoms with E-state index < -0.39 is 0 Å². The van der Waals surface area contributed by atoms with Gasteiger partial charge in [0, 0.05) is 36.1 Å². The summed E-state index contributed by atoms with van der Waals surface area (Å²) < 4.78 is 0. The van der Waals surface area contributed by atoms with Gasteiger partial charge >= 0.3 is 0 Å². The van der Waals surface area contributed by atoms with E-state index >= 15 is 0 Å². The monoisotopic (exact) mass is 384 g/mol. The van der Waals surface area contributed by atoms with Gasteiger partial charge in [0.1, 0.15) is 0 Å². The third-order valence-corrected chi connectivity index (χ3v) is 5.56. The highest BCUT2D eigenvalue weighted by atomic mass is 35.5. The molecule has 1 saturated carbocycles. The maximum atomic E-state index is 12.8. The molecule has 0 radical (unpaired) electrons. The van der Waals surface area contributed by atoms with Crippen LogP contribution in [0.3, 0.4) is 0 Å². The number of halogens is 1. The Labute approximate surface area is 165 Å². The molecule has 0 aliphatic heterocycles. The molecule has 1 aliphatic carbocycles. The predicted molar refractivity (Wildman–Crippen MR) is 109 cm³/mol. The molecule has 0 saturated heterocycles. The van der Waals surface area contributed by atoms with E-state index in [1.165, 1.54) is 0 Å². The molecule has 2 amide bonds. The van der Waals surface area contributed by atoms with Crippen LogP contribution < -0.4 is 5.32 Å². The SMILES string of the molecule is CCNC(=O)[C@H]1CC[C@@H](N(C)C(=O)c2ccc(-c3ccc(Cl)cc3)cc2)C1. The van der Waals surface area contributed by atoms with E-state index in [1.807, 2.05) is 62.5 Å². The minimum absolute atomic E-state index is 0.000735. The summed E-state index contributed by atoms with van der Waals surface area (Å²) in [5, 5.41) is 3.59. The first-order chi connectivity index (χ1) is 13.0. The van der Waals surface area contributed by atoms with Crippen molar-refractivity contribution in [2.45, 2.75) is 32.2 Å². The number of amides is 2. The van der Waals surface area contributed by atoms with E-state index in [1.54, 1.807) is 4.90 Å². The lowest BCUT2D eigenvalue weighted by Gasteiger charge is -2.25. The third-order valence-electron chi connectivity index (χ3n) is 5.30. The fourth-order valence-corrected chi connectivity index (χ4v) is 3.81. The summed E-state index contributed by atoms with van der Waals surface area (Å²) in [6.45, 7) is 2.57. The van der Waals surface area contributed by atoms with Crippen LogP contribution in [-0.2, 0) is 4.79 Å². The van der Waals surface area contributed by atoms with E-state index in [0.29, 0.717) is 17.1 Å². The van der Waals surface area contributed by atoms with Gasteiger partial charge < -0.3 is 10.2 Å². The zero-order valence-electron chi connectivity index (χ0n) is 15.7. The molecule has 4 nitrogen and oxygen atoms in total. The molecule has 1 aliphatic rings. The Morgan fingerprint density at radius 1 is 1.04 bits per heavy atom. The molecule has 27 heavy (non-hydrogen) atoms. The number of carbonyl (C=O) groups is 2. The van der Waals surface area contributed by atoms with Crippen LogP contribution in [0.2, 0.25) is 5.02 Å². The van der Waals surface area contributed by atoms with Gasteiger partial charge in [-0.15, -0.1) is 0 Å². The second kappa shape index (κ2) is 8.57. The fraction of sp³-hybridized carbons (Fsp3) is 0.364. The standard InChI is InChI=1S/C22H25ClN2O2/c1-3-24-21(26)18-10-13-20(14-18)25(2)22(27)17-6-4-15(5-7-17)16-8-11-19(23)12-9-16/h4-9,11-12,18,20H,3,10,13-14H2,1-2H3,(H,24,26)/t18-,20+/m0/s1. The van der Waals surface area contributed by atoms with Crippen molar-refractivity contribution >= 4 is 23.4 Å². The predicted octanol–water partition coefficient (Wildman–Crippen LogP) is 4.38. The zero-order chi connectivity index (χ0) is 19.4. The Hall–Kier alpha value is -2.33. The Kier molecular flexibility index (Phi) is 6.17. The van der Waals surface area contributed by atoms with Gasteiger partial charge in [-0.3, -0.25) is 9.59 Å². The molecular formula is C22H25ClN2O2. The summed E-state index contributed by atoms with van der Waals surface area (Å²) in [5.74, 6) is 0.116. The molecule has 3 rings (SSSR count). The van der Waals surface area contributed by atoms with Crippen molar-refractivity contribution in [3.05, 3.63) is 59.1 Å². The van der Waals surface area contributed by atoms with Crippen LogP contribution in [0.25, 0.3) is 11.1 Å². The van der Waals surface area contributed by atoms with Crippen molar-refractivity contribution in [1.82, 2.24) is 10.2 Å². The smallest absolute Gasteiger partial charge is 0.253 e. The van der Waals surface area contributed by atoms with Gasteiger partial charge in [0.05, 0.1) is 0 Å². The molecule has 0 spiro atoms. The van der Waals surface area contributed by atoms with Crippen LogP contribution in [0.4, 0.5) is 0 Å². The number of carbonyl (C=O) groups excluding carboxylic acids is 2. The minimum atomic E-state index is -0.000735. The van der Waals surface area contributed by atoms with Gasteiger partial charge in [-0.2, -0.15) is 0 Å². The second-order valence-electron chi connectivity index (χ2n) is 7.06. The highest BCUT2D eigenvalue weighted by molar-refractivity contribution is 6.30. The van der Waals surface area contributed by atoms with Crippen molar-refractivity contribution < 1.29 is 9.59 Å². The fourth-order valence-electron chi connectivity index (χ4n) is 3.68. The van der Waals surface area contributed by atoms with Gasteiger partial charge in [-0.05, 0) is 61.6 Å². The topological polar surface area (TPSA) is 49.4 Å². The van der Waals surface area contributed by atoms with Gasteiger partial charge in [-0.1, -0.05) is 35.9 Å². The van der Waals surface area contributed by atoms with Crippen molar-refractivity contribution in [3.63, 3.8) is 0 Å². The molecule has 0 heterocycles. The van der Waals surface area contributed by atoms with Gasteiger partial charge in [0.25, 0.3) is 5.91 Å². The summed E-state index contributed by atoms with van der Waals surface area (Å²) in [7, 11) is 1.83. The van der Waals surface area contributed by atoms with Crippen LogP contribution in [0.5, 0.6) is 0 Å². The van der Waals surface area contributed by atoms with Gasteiger partial charge in [0.2, 0.25) is 5.91 Å². The van der Waals surface area contributed by atoms with Gasteiger partial charge in [0.15, 0.2) is 0 Å². The highest BCUT2D eigenvalue weighted by Gasteiger charge is 2.33. The number of hydrogen-bond donors (Lipinski definition) is 1. The molecule has 2 atom stereocenters. The zero-order valence-corrected chi connectivity index (χ0v) is 16.5. The summed E-state index contributed by atoms with van der Waals surface area (Å²) >= 11 is 5.94. The van der Waals surface area contributed by atoms with Crippen LogP contribution >= 0.6 is 11.6 Å². The van der Waals surface area contributed by atoms with E-state index in [4.69, 9.17) is 11.6 Å². The van der Waals surface area contributed by atoms with E-state index in [2.05, 4.69) is 5.32 Å². The van der Waals surface area contributed by atoms with Crippen LogP contribution in [0, 0.1) is 5.92 Å². The van der Waals surface area contributed by atoms with E-state index in [-0.39, 0.29) is 23.8 Å².